The number of hydrogen-bond donors (Lipinski definition) is 0. The lowest BCUT2D eigenvalue weighted by atomic mass is 10.1. The fraction of sp³-hybridized carbons (Fsp3) is 0.174. The fourth-order valence-corrected chi connectivity index (χ4v) is 3.42. The van der Waals surface area contributed by atoms with E-state index < -0.39 is 0 Å². The van der Waals surface area contributed by atoms with Crippen LogP contribution in [0.4, 0.5) is 4.39 Å². The van der Waals surface area contributed by atoms with E-state index in [4.69, 9.17) is 19.2 Å². The zero-order chi connectivity index (χ0) is 20.4. The molecule has 0 bridgehead atoms. The quantitative estimate of drug-likeness (QED) is 0.467. The molecule has 4 aromatic rings. The Labute approximate surface area is 168 Å². The minimum atomic E-state index is -0.261. The van der Waals surface area contributed by atoms with Crippen molar-refractivity contribution in [3.8, 4) is 28.6 Å². The van der Waals surface area contributed by atoms with Gasteiger partial charge in [0.2, 0.25) is 0 Å². The number of ether oxygens (including phenoxy) is 3. The average Bonchev–Trinajstić information content (AvgIpc) is 3.12. The van der Waals surface area contributed by atoms with Crippen molar-refractivity contribution in [2.45, 2.75) is 6.54 Å². The highest BCUT2D eigenvalue weighted by Crippen LogP contribution is 2.42. The van der Waals surface area contributed by atoms with Gasteiger partial charge in [0.15, 0.2) is 0 Å². The van der Waals surface area contributed by atoms with Crippen LogP contribution in [-0.4, -0.2) is 30.9 Å². The van der Waals surface area contributed by atoms with Gasteiger partial charge in [-0.05, 0) is 29.8 Å². The van der Waals surface area contributed by atoms with E-state index in [9.17, 15) is 4.39 Å². The van der Waals surface area contributed by atoms with Crippen LogP contribution < -0.4 is 14.2 Å². The van der Waals surface area contributed by atoms with Crippen LogP contribution in [-0.2, 0) is 6.54 Å². The van der Waals surface area contributed by atoms with Gasteiger partial charge in [0.25, 0.3) is 0 Å². The molecule has 0 atom stereocenters. The molecule has 0 aliphatic heterocycles. The maximum Gasteiger partial charge on any atom is 0.149 e. The zero-order valence-corrected chi connectivity index (χ0v) is 16.5. The predicted molar refractivity (Wildman–Crippen MR) is 110 cm³/mol. The average molecular weight is 392 g/mol. The summed E-state index contributed by atoms with van der Waals surface area (Å²) in [5, 5.41) is 0. The van der Waals surface area contributed by atoms with Crippen molar-refractivity contribution in [2.24, 2.45) is 0 Å². The molecule has 0 aliphatic carbocycles. The minimum Gasteiger partial charge on any atom is -0.496 e. The second kappa shape index (κ2) is 7.83. The largest absolute Gasteiger partial charge is 0.496 e. The topological polar surface area (TPSA) is 45.5 Å². The fourth-order valence-electron chi connectivity index (χ4n) is 3.42. The van der Waals surface area contributed by atoms with Gasteiger partial charge in [-0.15, -0.1) is 0 Å². The van der Waals surface area contributed by atoms with Crippen LogP contribution >= 0.6 is 0 Å². The summed E-state index contributed by atoms with van der Waals surface area (Å²) in [7, 11) is 4.80. The van der Waals surface area contributed by atoms with Gasteiger partial charge in [-0.3, -0.25) is 0 Å². The second-order valence-electron chi connectivity index (χ2n) is 6.54. The maximum absolute atomic E-state index is 13.4. The predicted octanol–water partition coefficient (Wildman–Crippen LogP) is 4.92. The van der Waals surface area contributed by atoms with Gasteiger partial charge < -0.3 is 18.8 Å². The lowest BCUT2D eigenvalue weighted by Gasteiger charge is -2.16. The summed E-state index contributed by atoms with van der Waals surface area (Å²) in [6.07, 6.45) is 0. The summed E-state index contributed by atoms with van der Waals surface area (Å²) in [5.74, 6) is 2.26. The number of rotatable bonds is 6. The number of para-hydroxylation sites is 2. The summed E-state index contributed by atoms with van der Waals surface area (Å²) >= 11 is 0. The molecule has 0 saturated carbocycles. The first-order chi connectivity index (χ1) is 14.1. The van der Waals surface area contributed by atoms with Gasteiger partial charge in [-0.25, -0.2) is 9.37 Å². The molecule has 0 fully saturated rings. The highest BCUT2D eigenvalue weighted by molar-refractivity contribution is 5.84. The summed E-state index contributed by atoms with van der Waals surface area (Å²) in [4.78, 5) is 4.86. The number of aromatic nitrogens is 2. The molecule has 5 nitrogen and oxygen atoms in total. The molecular weight excluding hydrogens is 371 g/mol. The first-order valence-electron chi connectivity index (χ1n) is 9.14. The third-order valence-electron chi connectivity index (χ3n) is 4.85. The van der Waals surface area contributed by atoms with Gasteiger partial charge in [-0.2, -0.15) is 0 Å². The first kappa shape index (κ1) is 18.8. The van der Waals surface area contributed by atoms with Crippen molar-refractivity contribution in [3.05, 3.63) is 72.0 Å². The van der Waals surface area contributed by atoms with Crippen LogP contribution in [0.15, 0.2) is 60.7 Å². The van der Waals surface area contributed by atoms with Gasteiger partial charge in [0.1, 0.15) is 34.5 Å². The molecule has 0 unspecified atom stereocenters. The molecule has 0 radical (unpaired) electrons. The van der Waals surface area contributed by atoms with Crippen LogP contribution in [0.25, 0.3) is 22.4 Å². The third kappa shape index (κ3) is 3.49. The van der Waals surface area contributed by atoms with E-state index in [2.05, 4.69) is 4.57 Å². The van der Waals surface area contributed by atoms with Crippen LogP contribution in [0.2, 0.25) is 0 Å². The van der Waals surface area contributed by atoms with E-state index in [1.807, 2.05) is 24.3 Å². The minimum absolute atomic E-state index is 0.261. The lowest BCUT2D eigenvalue weighted by Crippen LogP contribution is -2.05. The number of hydrogen-bond acceptors (Lipinski definition) is 4. The molecule has 0 amide bonds. The Bertz CT molecular complexity index is 1130. The van der Waals surface area contributed by atoms with Crippen molar-refractivity contribution in [1.82, 2.24) is 9.55 Å². The smallest absolute Gasteiger partial charge is 0.149 e. The molecule has 29 heavy (non-hydrogen) atoms. The first-order valence-corrected chi connectivity index (χ1v) is 9.14. The number of benzene rings is 3. The van der Waals surface area contributed by atoms with Crippen molar-refractivity contribution in [3.63, 3.8) is 0 Å². The number of nitrogens with zero attached hydrogens (tertiary/aromatic N) is 2. The van der Waals surface area contributed by atoms with Crippen molar-refractivity contribution < 1.29 is 18.6 Å². The van der Waals surface area contributed by atoms with Crippen molar-refractivity contribution >= 4 is 11.0 Å². The SMILES string of the molecule is COc1cc(OC)c(-c2nc3ccccc3n2Cc2ccc(F)cc2)c(OC)c1. The Morgan fingerprint density at radius 2 is 1.52 bits per heavy atom. The normalized spacial score (nSPS) is 10.9. The van der Waals surface area contributed by atoms with E-state index in [1.165, 1.54) is 12.1 Å². The molecule has 0 saturated heterocycles. The number of imidazole rings is 1. The Balaban J connectivity index is 1.96. The summed E-state index contributed by atoms with van der Waals surface area (Å²) in [6.45, 7) is 0.522. The molecule has 0 N–H and O–H groups in total. The van der Waals surface area contributed by atoms with Crippen LogP contribution in [0.5, 0.6) is 17.2 Å². The van der Waals surface area contributed by atoms with E-state index >= 15 is 0 Å². The van der Waals surface area contributed by atoms with E-state index in [0.29, 0.717) is 29.6 Å². The zero-order valence-electron chi connectivity index (χ0n) is 16.5. The number of methoxy groups -OCH3 is 3. The third-order valence-corrected chi connectivity index (χ3v) is 4.85. The molecular formula is C23H21FN2O3. The van der Waals surface area contributed by atoms with Gasteiger partial charge in [0.05, 0.1) is 32.4 Å². The molecule has 148 valence electrons. The highest BCUT2D eigenvalue weighted by atomic mass is 19.1. The second-order valence-corrected chi connectivity index (χ2v) is 6.54. The molecule has 4 rings (SSSR count). The summed E-state index contributed by atoms with van der Waals surface area (Å²) in [6, 6.07) is 18.0. The van der Waals surface area contributed by atoms with Crippen LogP contribution in [0, 0.1) is 5.82 Å². The van der Waals surface area contributed by atoms with Crippen molar-refractivity contribution in [1.29, 1.82) is 0 Å². The van der Waals surface area contributed by atoms with Crippen molar-refractivity contribution in [2.75, 3.05) is 21.3 Å². The maximum atomic E-state index is 13.4. The van der Waals surface area contributed by atoms with E-state index in [1.54, 1.807) is 45.6 Å². The summed E-state index contributed by atoms with van der Waals surface area (Å²) in [5.41, 5.74) is 3.51. The van der Waals surface area contributed by atoms with Gasteiger partial charge >= 0.3 is 0 Å². The Hall–Kier alpha value is -3.54. The Morgan fingerprint density at radius 1 is 0.862 bits per heavy atom. The van der Waals surface area contributed by atoms with Gasteiger partial charge in [0, 0.05) is 18.7 Å². The molecule has 0 spiro atoms. The molecule has 3 aromatic carbocycles. The highest BCUT2D eigenvalue weighted by Gasteiger charge is 2.22. The lowest BCUT2D eigenvalue weighted by molar-refractivity contribution is 0.377. The monoisotopic (exact) mass is 392 g/mol. The van der Waals surface area contributed by atoms with E-state index in [0.717, 1.165) is 22.2 Å². The standard InChI is InChI=1S/C23H21FN2O3/c1-27-17-12-20(28-2)22(21(13-17)29-3)23-25-18-6-4-5-7-19(18)26(23)14-15-8-10-16(24)11-9-15/h4-13H,14H2,1-3H3. The molecule has 6 heteroatoms. The van der Waals surface area contributed by atoms with Crippen LogP contribution in [0.1, 0.15) is 5.56 Å². The number of fused-ring (bicyclic) bond motifs is 1. The molecule has 0 aliphatic rings. The van der Waals surface area contributed by atoms with E-state index in [-0.39, 0.29) is 5.82 Å². The van der Waals surface area contributed by atoms with Gasteiger partial charge in [-0.1, -0.05) is 24.3 Å². The number of halogens is 1. The molecule has 1 aromatic heterocycles. The van der Waals surface area contributed by atoms with Crippen LogP contribution in [0.3, 0.4) is 0 Å². The summed E-state index contributed by atoms with van der Waals surface area (Å²) < 4.78 is 32.1. The Kier molecular flexibility index (Phi) is 5.08. The Morgan fingerprint density at radius 3 is 2.14 bits per heavy atom. The molecule has 1 heterocycles.